The Hall–Kier alpha value is -2.63. The fourth-order valence-electron chi connectivity index (χ4n) is 1.77. The zero-order chi connectivity index (χ0) is 14.4. The number of ether oxygens (including phenoxy) is 2. The summed E-state index contributed by atoms with van der Waals surface area (Å²) in [6.45, 7) is 0.0672. The molecule has 0 aromatic carbocycles. The molecule has 0 atom stereocenters. The van der Waals surface area contributed by atoms with E-state index >= 15 is 0 Å². The van der Waals surface area contributed by atoms with E-state index in [0.717, 1.165) is 11.1 Å². The number of hydrogen-bond donors (Lipinski definition) is 1. The summed E-state index contributed by atoms with van der Waals surface area (Å²) in [4.78, 5) is 19.4. The maximum Gasteiger partial charge on any atom is 0.325 e. The number of carbonyl (C=O) groups excluding carboxylic acids is 1. The molecule has 0 saturated carbocycles. The summed E-state index contributed by atoms with van der Waals surface area (Å²) < 4.78 is 9.85. The number of methoxy groups -OCH3 is 2. The van der Waals surface area contributed by atoms with E-state index in [9.17, 15) is 4.79 Å². The maximum absolute atomic E-state index is 11.2. The van der Waals surface area contributed by atoms with Crippen LogP contribution in [0, 0.1) is 0 Å². The first-order chi connectivity index (χ1) is 9.76. The number of aromatic nitrogens is 2. The molecule has 0 aliphatic heterocycles. The van der Waals surface area contributed by atoms with Gasteiger partial charge in [0.15, 0.2) is 0 Å². The third kappa shape index (κ3) is 3.03. The van der Waals surface area contributed by atoms with Crippen LogP contribution in [0.25, 0.3) is 11.1 Å². The molecule has 104 valence electrons. The van der Waals surface area contributed by atoms with E-state index in [2.05, 4.69) is 20.0 Å². The molecule has 0 fully saturated rings. The Kier molecular flexibility index (Phi) is 4.49. The number of hydrogen-bond acceptors (Lipinski definition) is 6. The molecular formula is C14H15N3O3. The summed E-state index contributed by atoms with van der Waals surface area (Å²) >= 11 is 0. The predicted octanol–water partition coefficient (Wildman–Crippen LogP) is 1.74. The minimum absolute atomic E-state index is 0.0672. The van der Waals surface area contributed by atoms with Gasteiger partial charge in [-0.1, -0.05) is 0 Å². The molecule has 2 aromatic heterocycles. The van der Waals surface area contributed by atoms with Crippen LogP contribution in [0.1, 0.15) is 0 Å². The highest BCUT2D eigenvalue weighted by atomic mass is 16.5. The van der Waals surface area contributed by atoms with Crippen molar-refractivity contribution in [2.24, 2.45) is 0 Å². The number of esters is 1. The van der Waals surface area contributed by atoms with Gasteiger partial charge in [-0.2, -0.15) is 0 Å². The number of nitrogens with zero attached hydrogens (tertiary/aromatic N) is 2. The van der Waals surface area contributed by atoms with Gasteiger partial charge in [-0.25, -0.2) is 4.98 Å². The summed E-state index contributed by atoms with van der Waals surface area (Å²) in [5.74, 6) is 0.165. The number of pyridine rings is 2. The Labute approximate surface area is 116 Å². The fourth-order valence-corrected chi connectivity index (χ4v) is 1.77. The summed E-state index contributed by atoms with van der Waals surface area (Å²) in [5.41, 5.74) is 2.39. The lowest BCUT2D eigenvalue weighted by Gasteiger charge is -2.12. The van der Waals surface area contributed by atoms with E-state index in [-0.39, 0.29) is 12.5 Å². The molecule has 1 N–H and O–H groups in total. The lowest BCUT2D eigenvalue weighted by molar-refractivity contribution is -0.138. The molecular weight excluding hydrogens is 258 g/mol. The lowest BCUT2D eigenvalue weighted by Crippen LogP contribution is -2.15. The topological polar surface area (TPSA) is 73.3 Å². The van der Waals surface area contributed by atoms with Crippen LogP contribution in [0.2, 0.25) is 0 Å². The Morgan fingerprint density at radius 2 is 2.10 bits per heavy atom. The minimum Gasteiger partial charge on any atom is -0.481 e. The second kappa shape index (κ2) is 6.51. The van der Waals surface area contributed by atoms with Crippen molar-refractivity contribution in [2.75, 3.05) is 26.1 Å². The van der Waals surface area contributed by atoms with Crippen molar-refractivity contribution in [2.45, 2.75) is 0 Å². The monoisotopic (exact) mass is 273 g/mol. The normalized spacial score (nSPS) is 9.90. The first-order valence-corrected chi connectivity index (χ1v) is 6.00. The zero-order valence-electron chi connectivity index (χ0n) is 11.3. The van der Waals surface area contributed by atoms with Crippen LogP contribution in [-0.4, -0.2) is 36.7 Å². The Morgan fingerprint density at radius 1 is 1.25 bits per heavy atom. The van der Waals surface area contributed by atoms with E-state index < -0.39 is 0 Å². The second-order valence-corrected chi connectivity index (χ2v) is 3.91. The van der Waals surface area contributed by atoms with Crippen molar-refractivity contribution in [1.29, 1.82) is 0 Å². The van der Waals surface area contributed by atoms with Gasteiger partial charge in [-0.15, -0.1) is 0 Å². The van der Waals surface area contributed by atoms with Gasteiger partial charge in [0.2, 0.25) is 5.88 Å². The van der Waals surface area contributed by atoms with Gasteiger partial charge in [0.25, 0.3) is 0 Å². The molecule has 2 rings (SSSR count). The molecule has 6 heteroatoms. The SMILES string of the molecule is COC(=O)CNc1cnccc1-c1cccnc1OC. The van der Waals surface area contributed by atoms with Gasteiger partial charge in [0.1, 0.15) is 6.54 Å². The smallest absolute Gasteiger partial charge is 0.325 e. The molecule has 20 heavy (non-hydrogen) atoms. The number of anilines is 1. The summed E-state index contributed by atoms with van der Waals surface area (Å²) in [6.07, 6.45) is 4.97. The number of rotatable bonds is 5. The Morgan fingerprint density at radius 3 is 2.85 bits per heavy atom. The third-order valence-electron chi connectivity index (χ3n) is 2.73. The molecule has 0 amide bonds. The Bertz CT molecular complexity index is 602. The van der Waals surface area contributed by atoms with E-state index in [1.807, 2.05) is 18.2 Å². The molecule has 0 spiro atoms. The van der Waals surface area contributed by atoms with Crippen LogP contribution in [0.4, 0.5) is 5.69 Å². The zero-order valence-corrected chi connectivity index (χ0v) is 11.3. The van der Waals surface area contributed by atoms with Crippen molar-refractivity contribution < 1.29 is 14.3 Å². The number of nitrogens with one attached hydrogen (secondary N) is 1. The van der Waals surface area contributed by atoms with Gasteiger partial charge >= 0.3 is 5.97 Å². The molecule has 0 bridgehead atoms. The predicted molar refractivity (Wildman–Crippen MR) is 74.5 cm³/mol. The average molecular weight is 273 g/mol. The molecule has 2 heterocycles. The molecule has 0 saturated heterocycles. The van der Waals surface area contributed by atoms with Crippen molar-refractivity contribution in [3.8, 4) is 17.0 Å². The van der Waals surface area contributed by atoms with E-state index in [0.29, 0.717) is 11.6 Å². The second-order valence-electron chi connectivity index (χ2n) is 3.91. The highest BCUT2D eigenvalue weighted by Gasteiger charge is 2.11. The van der Waals surface area contributed by atoms with E-state index in [4.69, 9.17) is 4.74 Å². The molecule has 0 radical (unpaired) electrons. The highest BCUT2D eigenvalue weighted by Crippen LogP contribution is 2.32. The Balaban J connectivity index is 2.34. The average Bonchev–Trinajstić information content (AvgIpc) is 2.52. The van der Waals surface area contributed by atoms with E-state index in [1.165, 1.54) is 7.11 Å². The van der Waals surface area contributed by atoms with Crippen molar-refractivity contribution in [3.05, 3.63) is 36.8 Å². The fraction of sp³-hybridized carbons (Fsp3) is 0.214. The van der Waals surface area contributed by atoms with Crippen LogP contribution >= 0.6 is 0 Å². The van der Waals surface area contributed by atoms with Gasteiger partial charge in [-0.05, 0) is 18.2 Å². The molecule has 0 unspecified atom stereocenters. The van der Waals surface area contributed by atoms with Crippen LogP contribution in [0.5, 0.6) is 5.88 Å². The number of carbonyl (C=O) groups is 1. The van der Waals surface area contributed by atoms with Crippen molar-refractivity contribution in [1.82, 2.24) is 9.97 Å². The van der Waals surface area contributed by atoms with Gasteiger partial charge in [0, 0.05) is 23.5 Å². The van der Waals surface area contributed by atoms with Crippen LogP contribution in [0.3, 0.4) is 0 Å². The largest absolute Gasteiger partial charge is 0.481 e. The van der Waals surface area contributed by atoms with Gasteiger partial charge in [0.05, 0.1) is 26.1 Å². The molecule has 0 aliphatic carbocycles. The quantitative estimate of drug-likeness (QED) is 0.836. The molecule has 0 aliphatic rings. The van der Waals surface area contributed by atoms with Gasteiger partial charge in [-0.3, -0.25) is 9.78 Å². The molecule has 6 nitrogen and oxygen atoms in total. The third-order valence-corrected chi connectivity index (χ3v) is 2.73. The van der Waals surface area contributed by atoms with Crippen molar-refractivity contribution >= 4 is 11.7 Å². The standard InChI is InChI=1S/C14H15N3O3/c1-19-13(18)9-17-12-8-15-7-5-10(12)11-4-3-6-16-14(11)20-2/h3-8,17H,9H2,1-2H3. The highest BCUT2D eigenvalue weighted by molar-refractivity contribution is 5.82. The summed E-state index contributed by atoms with van der Waals surface area (Å²) in [5, 5.41) is 2.99. The summed E-state index contributed by atoms with van der Waals surface area (Å²) in [7, 11) is 2.91. The first-order valence-electron chi connectivity index (χ1n) is 6.00. The lowest BCUT2D eigenvalue weighted by atomic mass is 10.1. The van der Waals surface area contributed by atoms with E-state index in [1.54, 1.807) is 25.7 Å². The van der Waals surface area contributed by atoms with Crippen LogP contribution in [-0.2, 0) is 9.53 Å². The van der Waals surface area contributed by atoms with Gasteiger partial charge < -0.3 is 14.8 Å². The minimum atomic E-state index is -0.349. The van der Waals surface area contributed by atoms with Crippen molar-refractivity contribution in [3.63, 3.8) is 0 Å². The summed E-state index contributed by atoms with van der Waals surface area (Å²) in [6, 6.07) is 5.55. The van der Waals surface area contributed by atoms with Crippen LogP contribution < -0.4 is 10.1 Å². The maximum atomic E-state index is 11.2. The molecule has 2 aromatic rings. The van der Waals surface area contributed by atoms with Crippen LogP contribution in [0.15, 0.2) is 36.8 Å². The first kappa shape index (κ1) is 13.8.